The molecule has 1 N–H and O–H groups in total. The third kappa shape index (κ3) is 3.72. The van der Waals surface area contributed by atoms with E-state index in [1.807, 2.05) is 0 Å². The van der Waals surface area contributed by atoms with E-state index in [1.54, 1.807) is 0 Å². The molecule has 0 aliphatic carbocycles. The third-order valence-electron chi connectivity index (χ3n) is 3.04. The highest BCUT2D eigenvalue weighted by atomic mass is 19.1. The highest BCUT2D eigenvalue weighted by molar-refractivity contribution is 4.90. The van der Waals surface area contributed by atoms with Crippen molar-refractivity contribution < 1.29 is 4.39 Å². The lowest BCUT2D eigenvalue weighted by Gasteiger charge is -2.43. The SMILES string of the molecule is CC(C)NC1CCN(C(C)(C)C)CC1F. The largest absolute Gasteiger partial charge is 0.309 e. The number of hydrogen-bond donors (Lipinski definition) is 1. The summed E-state index contributed by atoms with van der Waals surface area (Å²) in [5, 5.41) is 3.30. The Morgan fingerprint density at radius 3 is 2.33 bits per heavy atom. The van der Waals surface area contributed by atoms with Crippen molar-refractivity contribution >= 4 is 0 Å². The van der Waals surface area contributed by atoms with Gasteiger partial charge in [0.1, 0.15) is 6.17 Å². The Bertz CT molecular complexity index is 198. The first-order valence-corrected chi connectivity index (χ1v) is 5.96. The van der Waals surface area contributed by atoms with Gasteiger partial charge in [0.2, 0.25) is 0 Å². The first kappa shape index (κ1) is 12.9. The van der Waals surface area contributed by atoms with Gasteiger partial charge >= 0.3 is 0 Å². The molecule has 0 aromatic heterocycles. The number of hydrogen-bond acceptors (Lipinski definition) is 2. The number of piperidine rings is 1. The van der Waals surface area contributed by atoms with Crippen LogP contribution in [0, 0.1) is 0 Å². The average molecular weight is 216 g/mol. The van der Waals surface area contributed by atoms with Gasteiger partial charge in [0, 0.05) is 30.7 Å². The van der Waals surface area contributed by atoms with E-state index in [4.69, 9.17) is 0 Å². The summed E-state index contributed by atoms with van der Waals surface area (Å²) in [6.45, 7) is 12.1. The first-order valence-electron chi connectivity index (χ1n) is 5.96. The molecule has 0 radical (unpaired) electrons. The van der Waals surface area contributed by atoms with Crippen molar-refractivity contribution in [3.05, 3.63) is 0 Å². The van der Waals surface area contributed by atoms with E-state index in [1.165, 1.54) is 0 Å². The van der Waals surface area contributed by atoms with Crippen molar-refractivity contribution in [3.8, 4) is 0 Å². The molecule has 1 fully saturated rings. The second-order valence-electron chi connectivity index (χ2n) is 5.85. The van der Waals surface area contributed by atoms with Crippen LogP contribution in [0.2, 0.25) is 0 Å². The number of alkyl halides is 1. The molecule has 15 heavy (non-hydrogen) atoms. The van der Waals surface area contributed by atoms with Gasteiger partial charge in [-0.05, 0) is 27.2 Å². The molecule has 2 unspecified atom stereocenters. The molecule has 1 rings (SSSR count). The van der Waals surface area contributed by atoms with Crippen LogP contribution in [0.25, 0.3) is 0 Å². The molecule has 90 valence electrons. The van der Waals surface area contributed by atoms with Crippen LogP contribution in [-0.4, -0.2) is 41.8 Å². The number of nitrogens with zero attached hydrogens (tertiary/aromatic N) is 1. The summed E-state index contributed by atoms with van der Waals surface area (Å²) in [7, 11) is 0. The number of nitrogens with one attached hydrogen (secondary N) is 1. The lowest BCUT2D eigenvalue weighted by molar-refractivity contribution is 0.0399. The van der Waals surface area contributed by atoms with E-state index in [9.17, 15) is 4.39 Å². The zero-order chi connectivity index (χ0) is 11.6. The summed E-state index contributed by atoms with van der Waals surface area (Å²) >= 11 is 0. The molecule has 0 amide bonds. The minimum Gasteiger partial charge on any atom is -0.309 e. The summed E-state index contributed by atoms with van der Waals surface area (Å²) in [4.78, 5) is 2.23. The molecule has 0 bridgehead atoms. The fraction of sp³-hybridized carbons (Fsp3) is 1.00. The monoisotopic (exact) mass is 216 g/mol. The van der Waals surface area contributed by atoms with Gasteiger partial charge in [-0.25, -0.2) is 4.39 Å². The summed E-state index contributed by atoms with van der Waals surface area (Å²) < 4.78 is 13.9. The zero-order valence-electron chi connectivity index (χ0n) is 10.7. The fourth-order valence-electron chi connectivity index (χ4n) is 2.13. The van der Waals surface area contributed by atoms with Crippen molar-refractivity contribution in [2.45, 2.75) is 64.8 Å². The minimum absolute atomic E-state index is 0.0450. The van der Waals surface area contributed by atoms with Crippen molar-refractivity contribution in [2.75, 3.05) is 13.1 Å². The molecule has 3 heteroatoms. The third-order valence-corrected chi connectivity index (χ3v) is 3.04. The molecular formula is C12H25FN2. The summed E-state index contributed by atoms with van der Waals surface area (Å²) in [6.07, 6.45) is 0.178. The van der Waals surface area contributed by atoms with Crippen LogP contribution in [0.1, 0.15) is 41.0 Å². The van der Waals surface area contributed by atoms with E-state index in [0.29, 0.717) is 12.6 Å². The maximum Gasteiger partial charge on any atom is 0.128 e. The number of likely N-dealkylation sites (tertiary alicyclic amines) is 1. The Labute approximate surface area is 93.2 Å². The standard InChI is InChI=1S/C12H25FN2/c1-9(2)14-11-6-7-15(8-10(11)13)12(3,4)5/h9-11,14H,6-8H2,1-5H3. The molecule has 0 aromatic carbocycles. The van der Waals surface area contributed by atoms with E-state index in [-0.39, 0.29) is 11.6 Å². The van der Waals surface area contributed by atoms with Crippen LogP contribution in [0.15, 0.2) is 0 Å². The van der Waals surface area contributed by atoms with Crippen LogP contribution >= 0.6 is 0 Å². The van der Waals surface area contributed by atoms with E-state index in [2.05, 4.69) is 44.8 Å². The first-order chi connectivity index (χ1) is 6.80. The lowest BCUT2D eigenvalue weighted by Crippen LogP contribution is -2.56. The van der Waals surface area contributed by atoms with E-state index >= 15 is 0 Å². The molecule has 0 spiro atoms. The predicted octanol–water partition coefficient (Wildman–Crippen LogP) is 2.20. The van der Waals surface area contributed by atoms with Gasteiger partial charge in [-0.1, -0.05) is 13.8 Å². The van der Waals surface area contributed by atoms with Crippen LogP contribution in [0.5, 0.6) is 0 Å². The number of halogens is 1. The Morgan fingerprint density at radius 1 is 1.33 bits per heavy atom. The predicted molar refractivity (Wildman–Crippen MR) is 62.9 cm³/mol. The second kappa shape index (κ2) is 4.79. The van der Waals surface area contributed by atoms with Crippen molar-refractivity contribution in [1.82, 2.24) is 10.2 Å². The van der Waals surface area contributed by atoms with Crippen LogP contribution in [0.4, 0.5) is 4.39 Å². The molecule has 2 atom stereocenters. The molecule has 0 aromatic rings. The Balaban J connectivity index is 2.48. The highest BCUT2D eigenvalue weighted by Crippen LogP contribution is 2.22. The molecule has 1 saturated heterocycles. The van der Waals surface area contributed by atoms with Crippen molar-refractivity contribution in [3.63, 3.8) is 0 Å². The van der Waals surface area contributed by atoms with Gasteiger partial charge in [-0.3, -0.25) is 4.90 Å². The van der Waals surface area contributed by atoms with Gasteiger partial charge in [0.05, 0.1) is 0 Å². The minimum atomic E-state index is -0.736. The normalized spacial score (nSPS) is 29.8. The summed E-state index contributed by atoms with van der Waals surface area (Å²) in [6, 6.07) is 0.415. The maximum atomic E-state index is 13.9. The van der Waals surface area contributed by atoms with Crippen LogP contribution < -0.4 is 5.32 Å². The molecular weight excluding hydrogens is 191 g/mol. The highest BCUT2D eigenvalue weighted by Gasteiger charge is 2.33. The number of rotatable bonds is 2. The van der Waals surface area contributed by atoms with Crippen molar-refractivity contribution in [1.29, 1.82) is 0 Å². The quantitative estimate of drug-likeness (QED) is 0.761. The van der Waals surface area contributed by atoms with Crippen LogP contribution in [-0.2, 0) is 0 Å². The van der Waals surface area contributed by atoms with Gasteiger partial charge in [0.15, 0.2) is 0 Å². The second-order valence-corrected chi connectivity index (χ2v) is 5.85. The molecule has 1 heterocycles. The van der Waals surface area contributed by atoms with Gasteiger partial charge in [0.25, 0.3) is 0 Å². The van der Waals surface area contributed by atoms with Gasteiger partial charge < -0.3 is 5.32 Å². The van der Waals surface area contributed by atoms with Crippen molar-refractivity contribution in [2.24, 2.45) is 0 Å². The smallest absolute Gasteiger partial charge is 0.128 e. The maximum absolute atomic E-state index is 13.9. The molecule has 2 nitrogen and oxygen atoms in total. The van der Waals surface area contributed by atoms with E-state index < -0.39 is 6.17 Å². The summed E-state index contributed by atoms with van der Waals surface area (Å²) in [5.41, 5.74) is 0.0904. The fourth-order valence-corrected chi connectivity index (χ4v) is 2.13. The Morgan fingerprint density at radius 2 is 1.93 bits per heavy atom. The molecule has 1 aliphatic heterocycles. The Kier molecular flexibility index (Phi) is 4.13. The topological polar surface area (TPSA) is 15.3 Å². The summed E-state index contributed by atoms with van der Waals surface area (Å²) in [5.74, 6) is 0. The Hall–Kier alpha value is -0.150. The van der Waals surface area contributed by atoms with Crippen LogP contribution in [0.3, 0.4) is 0 Å². The van der Waals surface area contributed by atoms with Gasteiger partial charge in [-0.15, -0.1) is 0 Å². The average Bonchev–Trinajstić information content (AvgIpc) is 2.05. The van der Waals surface area contributed by atoms with Gasteiger partial charge in [-0.2, -0.15) is 0 Å². The lowest BCUT2D eigenvalue weighted by atomic mass is 9.96. The zero-order valence-corrected chi connectivity index (χ0v) is 10.7. The molecule has 0 saturated carbocycles. The molecule has 1 aliphatic rings. The van der Waals surface area contributed by atoms with E-state index in [0.717, 1.165) is 13.0 Å².